The van der Waals surface area contributed by atoms with Crippen LogP contribution in [-0.4, -0.2) is 34.9 Å². The number of hydrogen-bond donors (Lipinski definition) is 2. The molecule has 1 saturated carbocycles. The molecule has 0 spiro atoms. The second-order valence-corrected chi connectivity index (χ2v) is 8.85. The number of rotatable bonds is 6. The zero-order chi connectivity index (χ0) is 20.4. The predicted octanol–water partition coefficient (Wildman–Crippen LogP) is 4.11. The number of carbonyl (C=O) groups is 2. The van der Waals surface area contributed by atoms with Crippen LogP contribution in [-0.2, 0) is 14.3 Å². The van der Waals surface area contributed by atoms with Crippen LogP contribution in [0.1, 0.15) is 66.7 Å². The van der Waals surface area contributed by atoms with Crippen LogP contribution in [0.3, 0.4) is 0 Å². The minimum atomic E-state index is -0.907. The van der Waals surface area contributed by atoms with E-state index < -0.39 is 17.5 Å². The molecular formula is C22H34O5. The monoisotopic (exact) mass is 378 g/mol. The van der Waals surface area contributed by atoms with E-state index in [1.54, 1.807) is 0 Å². The summed E-state index contributed by atoms with van der Waals surface area (Å²) in [6.07, 6.45) is 7.18. The van der Waals surface area contributed by atoms with Gasteiger partial charge in [-0.05, 0) is 62.4 Å². The van der Waals surface area contributed by atoms with Crippen LogP contribution in [0.4, 0.5) is 0 Å². The van der Waals surface area contributed by atoms with Crippen molar-refractivity contribution in [3.63, 3.8) is 0 Å². The Morgan fingerprint density at radius 1 is 1.33 bits per heavy atom. The Balaban J connectivity index is 2.23. The van der Waals surface area contributed by atoms with E-state index in [-0.39, 0.29) is 17.3 Å². The Bertz CT molecular complexity index is 649. The van der Waals surface area contributed by atoms with E-state index in [1.165, 1.54) is 12.5 Å². The molecule has 0 saturated heterocycles. The SMILES string of the molecule is CC(=O)OC/C=C(\C)CC[C@@]1(C)[C@H](C)C[C@H](O)[C@@]2(C)C(C(=O)O)=CCC[C@H]12. The van der Waals surface area contributed by atoms with Crippen LogP contribution < -0.4 is 0 Å². The normalized spacial score (nSPS) is 36.6. The first-order valence-corrected chi connectivity index (χ1v) is 9.94. The number of carboxylic acid groups (broad SMARTS) is 1. The van der Waals surface area contributed by atoms with Gasteiger partial charge in [0.15, 0.2) is 0 Å². The molecule has 2 aliphatic rings. The number of aliphatic hydroxyl groups is 1. The molecule has 1 fully saturated rings. The molecule has 0 bridgehead atoms. The molecule has 27 heavy (non-hydrogen) atoms. The van der Waals surface area contributed by atoms with Gasteiger partial charge in [-0.3, -0.25) is 4.79 Å². The summed E-state index contributed by atoms with van der Waals surface area (Å²) in [4.78, 5) is 22.8. The van der Waals surface area contributed by atoms with Crippen molar-refractivity contribution in [2.24, 2.45) is 22.7 Å². The average molecular weight is 379 g/mol. The summed E-state index contributed by atoms with van der Waals surface area (Å²) in [6.45, 7) is 10.1. The number of carbonyl (C=O) groups excluding carboxylic acids is 1. The zero-order valence-electron chi connectivity index (χ0n) is 17.2. The largest absolute Gasteiger partial charge is 0.478 e. The molecule has 0 aromatic carbocycles. The van der Waals surface area contributed by atoms with Gasteiger partial charge in [0.1, 0.15) is 6.61 Å². The van der Waals surface area contributed by atoms with Crippen molar-refractivity contribution in [3.05, 3.63) is 23.3 Å². The van der Waals surface area contributed by atoms with E-state index in [0.29, 0.717) is 24.5 Å². The topological polar surface area (TPSA) is 83.8 Å². The molecule has 0 radical (unpaired) electrons. The summed E-state index contributed by atoms with van der Waals surface area (Å²) in [6, 6.07) is 0. The number of fused-ring (bicyclic) bond motifs is 1. The van der Waals surface area contributed by atoms with E-state index >= 15 is 0 Å². The molecule has 0 aromatic rings. The van der Waals surface area contributed by atoms with Gasteiger partial charge in [-0.25, -0.2) is 4.79 Å². The summed E-state index contributed by atoms with van der Waals surface area (Å²) >= 11 is 0. The highest BCUT2D eigenvalue weighted by molar-refractivity contribution is 5.88. The maximum absolute atomic E-state index is 11.9. The number of ether oxygens (including phenoxy) is 1. The van der Waals surface area contributed by atoms with E-state index in [9.17, 15) is 19.8 Å². The number of aliphatic hydroxyl groups excluding tert-OH is 1. The summed E-state index contributed by atoms with van der Waals surface area (Å²) < 4.78 is 4.99. The molecule has 0 amide bonds. The van der Waals surface area contributed by atoms with Crippen LogP contribution >= 0.6 is 0 Å². The van der Waals surface area contributed by atoms with Crippen molar-refractivity contribution in [1.29, 1.82) is 0 Å². The standard InChI is InChI=1S/C22H34O5/c1-14(10-12-27-16(3)23)9-11-21(4)15(2)13-19(24)22(5)17(20(25)26)7-6-8-18(21)22/h7,10,15,18-19,24H,6,8-9,11-13H2,1-5H3,(H,25,26)/b14-10+/t15-,18-,19+,21+,22+/m1/s1. The fourth-order valence-electron chi connectivity index (χ4n) is 5.33. The van der Waals surface area contributed by atoms with E-state index in [4.69, 9.17) is 4.74 Å². The molecule has 0 unspecified atom stereocenters. The highest BCUT2D eigenvalue weighted by atomic mass is 16.5. The Morgan fingerprint density at radius 2 is 2.00 bits per heavy atom. The molecule has 0 aliphatic heterocycles. The average Bonchev–Trinajstić information content (AvgIpc) is 2.58. The zero-order valence-corrected chi connectivity index (χ0v) is 17.2. The van der Waals surface area contributed by atoms with Crippen molar-refractivity contribution in [2.45, 2.75) is 72.8 Å². The summed E-state index contributed by atoms with van der Waals surface area (Å²) in [5.74, 6) is -0.761. The third-order valence-corrected chi connectivity index (χ3v) is 7.31. The lowest BCUT2D eigenvalue weighted by molar-refractivity contribution is -0.148. The third-order valence-electron chi connectivity index (χ3n) is 7.31. The fourth-order valence-corrected chi connectivity index (χ4v) is 5.33. The first-order chi connectivity index (χ1) is 12.5. The third kappa shape index (κ3) is 4.13. The molecule has 0 heterocycles. The van der Waals surface area contributed by atoms with E-state index in [2.05, 4.69) is 13.8 Å². The predicted molar refractivity (Wildman–Crippen MR) is 104 cm³/mol. The minimum Gasteiger partial charge on any atom is -0.478 e. The van der Waals surface area contributed by atoms with Crippen LogP contribution in [0, 0.1) is 22.7 Å². The van der Waals surface area contributed by atoms with Gasteiger partial charge in [0, 0.05) is 17.9 Å². The summed E-state index contributed by atoms with van der Waals surface area (Å²) in [5.41, 5.74) is 0.786. The molecule has 152 valence electrons. The lowest BCUT2D eigenvalue weighted by Gasteiger charge is -2.59. The van der Waals surface area contributed by atoms with Gasteiger partial charge in [-0.15, -0.1) is 0 Å². The maximum Gasteiger partial charge on any atom is 0.331 e. The Kier molecular flexibility index (Phi) is 6.56. The number of carboxylic acids is 1. The van der Waals surface area contributed by atoms with E-state index in [0.717, 1.165) is 25.7 Å². The minimum absolute atomic E-state index is 0.0561. The number of allylic oxidation sites excluding steroid dienone is 2. The van der Waals surface area contributed by atoms with Crippen LogP contribution in [0.15, 0.2) is 23.3 Å². The smallest absolute Gasteiger partial charge is 0.331 e. The number of hydrogen-bond acceptors (Lipinski definition) is 4. The first-order valence-electron chi connectivity index (χ1n) is 9.94. The quantitative estimate of drug-likeness (QED) is 0.537. The van der Waals surface area contributed by atoms with Gasteiger partial charge in [0.05, 0.1) is 6.10 Å². The van der Waals surface area contributed by atoms with Crippen molar-refractivity contribution in [3.8, 4) is 0 Å². The Hall–Kier alpha value is -1.62. The summed E-state index contributed by atoms with van der Waals surface area (Å²) in [7, 11) is 0. The lowest BCUT2D eigenvalue weighted by Crippen LogP contribution is -2.57. The van der Waals surface area contributed by atoms with Gasteiger partial charge in [0.25, 0.3) is 0 Å². The Morgan fingerprint density at radius 3 is 2.59 bits per heavy atom. The molecule has 5 atom stereocenters. The second-order valence-electron chi connectivity index (χ2n) is 8.85. The number of aliphatic carboxylic acids is 1. The van der Waals surface area contributed by atoms with Gasteiger partial charge in [-0.2, -0.15) is 0 Å². The molecule has 0 aromatic heterocycles. The maximum atomic E-state index is 11.9. The van der Waals surface area contributed by atoms with Gasteiger partial charge >= 0.3 is 11.9 Å². The summed E-state index contributed by atoms with van der Waals surface area (Å²) in [5, 5.41) is 20.6. The lowest BCUT2D eigenvalue weighted by atomic mass is 9.45. The Labute approximate surface area is 162 Å². The van der Waals surface area contributed by atoms with E-state index in [1.807, 2.05) is 26.0 Å². The highest BCUT2D eigenvalue weighted by Gasteiger charge is 2.59. The van der Waals surface area contributed by atoms with Crippen LogP contribution in [0.5, 0.6) is 0 Å². The van der Waals surface area contributed by atoms with Crippen molar-refractivity contribution in [1.82, 2.24) is 0 Å². The van der Waals surface area contributed by atoms with Gasteiger partial charge < -0.3 is 14.9 Å². The molecule has 2 aliphatic carbocycles. The second kappa shape index (κ2) is 8.17. The van der Waals surface area contributed by atoms with Crippen LogP contribution in [0.2, 0.25) is 0 Å². The molecular weight excluding hydrogens is 344 g/mol. The molecule has 2 rings (SSSR count). The van der Waals surface area contributed by atoms with Crippen molar-refractivity contribution < 1.29 is 24.5 Å². The van der Waals surface area contributed by atoms with Crippen molar-refractivity contribution in [2.75, 3.05) is 6.61 Å². The van der Waals surface area contributed by atoms with Crippen molar-refractivity contribution >= 4 is 11.9 Å². The number of esters is 1. The van der Waals surface area contributed by atoms with Gasteiger partial charge in [-0.1, -0.05) is 32.4 Å². The molecule has 2 N–H and O–H groups in total. The fraction of sp³-hybridized carbons (Fsp3) is 0.727. The molecule has 5 heteroatoms. The van der Waals surface area contributed by atoms with Gasteiger partial charge in [0.2, 0.25) is 0 Å². The molecule has 5 nitrogen and oxygen atoms in total. The van der Waals surface area contributed by atoms with Crippen LogP contribution in [0.25, 0.3) is 0 Å². The first kappa shape index (κ1) is 21.7. The highest BCUT2D eigenvalue weighted by Crippen LogP contribution is 2.62.